The lowest BCUT2D eigenvalue weighted by atomic mass is 10.0. The number of amides is 1. The van der Waals surface area contributed by atoms with Gasteiger partial charge in [-0.3, -0.25) is 9.59 Å². The number of alkyl halides is 3. The molecule has 1 aromatic heterocycles. The number of aryl methyl sites for hydroxylation is 1. The standard InChI is InChI=1S/C19H19F3N2O3S/c1-2-27-16(25)11-24-14-8-3-4-9-15(14)28-18(24)23-17(26)12-6-5-7-13(10-12)19(20,21)22/h5-7,10H,2-4,8-9,11H2,1H3/b23-18-. The molecule has 1 aliphatic rings. The number of nitrogens with zero attached hydrogens (tertiary/aromatic N) is 2. The summed E-state index contributed by atoms with van der Waals surface area (Å²) in [5.74, 6) is -1.22. The first-order valence-corrected chi connectivity index (χ1v) is 9.74. The number of carbonyl (C=O) groups is 2. The number of fused-ring (bicyclic) bond motifs is 1. The Morgan fingerprint density at radius 2 is 2.00 bits per heavy atom. The summed E-state index contributed by atoms with van der Waals surface area (Å²) >= 11 is 1.30. The molecular weight excluding hydrogens is 393 g/mol. The molecule has 0 unspecified atom stereocenters. The van der Waals surface area contributed by atoms with E-state index in [1.807, 2.05) is 0 Å². The van der Waals surface area contributed by atoms with E-state index >= 15 is 0 Å². The van der Waals surface area contributed by atoms with Gasteiger partial charge in [0.15, 0.2) is 4.80 Å². The van der Waals surface area contributed by atoms with E-state index in [0.717, 1.165) is 48.4 Å². The summed E-state index contributed by atoms with van der Waals surface area (Å²) in [4.78, 5) is 29.9. The van der Waals surface area contributed by atoms with E-state index < -0.39 is 23.6 Å². The van der Waals surface area contributed by atoms with Gasteiger partial charge in [-0.1, -0.05) is 6.07 Å². The molecule has 5 nitrogen and oxygen atoms in total. The van der Waals surface area contributed by atoms with Crippen LogP contribution in [-0.2, 0) is 35.1 Å². The minimum Gasteiger partial charge on any atom is -0.465 e. The van der Waals surface area contributed by atoms with Crippen LogP contribution in [0.5, 0.6) is 0 Å². The molecule has 0 aliphatic heterocycles. The highest BCUT2D eigenvalue weighted by atomic mass is 32.1. The number of aromatic nitrogens is 1. The quantitative estimate of drug-likeness (QED) is 0.719. The molecule has 0 N–H and O–H groups in total. The SMILES string of the molecule is CCOC(=O)Cn1c2c(s/c1=N\C(=O)c1cccc(C(F)(F)F)c1)CCCC2. The van der Waals surface area contributed by atoms with E-state index in [-0.39, 0.29) is 18.7 Å². The van der Waals surface area contributed by atoms with Crippen molar-refractivity contribution in [3.05, 3.63) is 50.8 Å². The summed E-state index contributed by atoms with van der Waals surface area (Å²) in [6, 6.07) is 4.17. The Balaban J connectivity index is 2.00. The number of carbonyl (C=O) groups excluding carboxylic acids is 2. The fourth-order valence-electron chi connectivity index (χ4n) is 3.10. The minimum atomic E-state index is -4.54. The van der Waals surface area contributed by atoms with Crippen molar-refractivity contribution < 1.29 is 27.5 Å². The molecule has 28 heavy (non-hydrogen) atoms. The van der Waals surface area contributed by atoms with Gasteiger partial charge in [0.2, 0.25) is 0 Å². The molecule has 0 fully saturated rings. The van der Waals surface area contributed by atoms with Crippen molar-refractivity contribution in [2.45, 2.75) is 45.3 Å². The zero-order valence-corrected chi connectivity index (χ0v) is 16.0. The van der Waals surface area contributed by atoms with Crippen molar-refractivity contribution >= 4 is 23.2 Å². The molecule has 1 aromatic carbocycles. The van der Waals surface area contributed by atoms with Gasteiger partial charge in [0.1, 0.15) is 6.54 Å². The van der Waals surface area contributed by atoms with Crippen LogP contribution in [-0.4, -0.2) is 23.1 Å². The Morgan fingerprint density at radius 1 is 1.25 bits per heavy atom. The van der Waals surface area contributed by atoms with Gasteiger partial charge < -0.3 is 9.30 Å². The Morgan fingerprint density at radius 3 is 2.71 bits per heavy atom. The van der Waals surface area contributed by atoms with Gasteiger partial charge in [-0.25, -0.2) is 0 Å². The minimum absolute atomic E-state index is 0.0750. The first-order chi connectivity index (χ1) is 13.3. The molecule has 0 radical (unpaired) electrons. The zero-order valence-electron chi connectivity index (χ0n) is 15.2. The van der Waals surface area contributed by atoms with Crippen LogP contribution in [0.4, 0.5) is 13.2 Å². The van der Waals surface area contributed by atoms with E-state index in [9.17, 15) is 22.8 Å². The van der Waals surface area contributed by atoms with Crippen LogP contribution in [0.25, 0.3) is 0 Å². The highest BCUT2D eigenvalue weighted by Crippen LogP contribution is 2.29. The molecule has 150 valence electrons. The number of esters is 1. The summed E-state index contributed by atoms with van der Waals surface area (Å²) in [5, 5.41) is 0. The number of thiazole rings is 1. The summed E-state index contributed by atoms with van der Waals surface area (Å²) in [5.41, 5.74) is -0.109. The predicted molar refractivity (Wildman–Crippen MR) is 96.9 cm³/mol. The van der Waals surface area contributed by atoms with Crippen molar-refractivity contribution in [2.24, 2.45) is 4.99 Å². The maximum Gasteiger partial charge on any atom is 0.416 e. The molecule has 0 atom stereocenters. The van der Waals surface area contributed by atoms with Crippen LogP contribution in [0.15, 0.2) is 29.3 Å². The van der Waals surface area contributed by atoms with E-state index in [2.05, 4.69) is 4.99 Å². The van der Waals surface area contributed by atoms with Crippen LogP contribution < -0.4 is 4.80 Å². The molecule has 0 saturated carbocycles. The average molecular weight is 412 g/mol. The van der Waals surface area contributed by atoms with Gasteiger partial charge in [-0.15, -0.1) is 11.3 Å². The Bertz CT molecular complexity index is 960. The van der Waals surface area contributed by atoms with E-state index in [1.165, 1.54) is 23.5 Å². The number of hydrogen-bond acceptors (Lipinski definition) is 4. The molecule has 0 saturated heterocycles. The zero-order chi connectivity index (χ0) is 20.3. The fraction of sp³-hybridized carbons (Fsp3) is 0.421. The van der Waals surface area contributed by atoms with Gasteiger partial charge in [0.25, 0.3) is 5.91 Å². The maximum absolute atomic E-state index is 12.9. The van der Waals surface area contributed by atoms with Gasteiger partial charge >= 0.3 is 12.1 Å². The number of halogens is 3. The maximum atomic E-state index is 12.9. The normalized spacial score (nSPS) is 14.6. The van der Waals surface area contributed by atoms with E-state index in [4.69, 9.17) is 4.74 Å². The first-order valence-electron chi connectivity index (χ1n) is 8.93. The molecule has 1 aliphatic carbocycles. The Labute approximate surface area is 163 Å². The summed E-state index contributed by atoms with van der Waals surface area (Å²) in [6.07, 6.45) is -0.974. The van der Waals surface area contributed by atoms with Gasteiger partial charge in [-0.05, 0) is 50.8 Å². The summed E-state index contributed by atoms with van der Waals surface area (Å²) in [6.45, 7) is 1.86. The second-order valence-electron chi connectivity index (χ2n) is 6.35. The molecule has 0 bridgehead atoms. The lowest BCUT2D eigenvalue weighted by Gasteiger charge is -2.13. The van der Waals surface area contributed by atoms with Crippen LogP contribution in [0.1, 0.15) is 46.3 Å². The number of benzene rings is 1. The van der Waals surface area contributed by atoms with Gasteiger partial charge in [0, 0.05) is 16.1 Å². The van der Waals surface area contributed by atoms with Crippen LogP contribution in [0.3, 0.4) is 0 Å². The van der Waals surface area contributed by atoms with Crippen molar-refractivity contribution in [1.29, 1.82) is 0 Å². The predicted octanol–water partition coefficient (Wildman–Crippen LogP) is 3.75. The van der Waals surface area contributed by atoms with Crippen LogP contribution in [0, 0.1) is 0 Å². The second kappa shape index (κ2) is 8.30. The molecule has 1 heterocycles. The van der Waals surface area contributed by atoms with Crippen molar-refractivity contribution in [1.82, 2.24) is 4.57 Å². The first kappa shape index (κ1) is 20.3. The van der Waals surface area contributed by atoms with Gasteiger partial charge in [0.05, 0.1) is 12.2 Å². The van der Waals surface area contributed by atoms with Crippen molar-refractivity contribution in [3.63, 3.8) is 0 Å². The number of ether oxygens (including phenoxy) is 1. The molecule has 2 aromatic rings. The van der Waals surface area contributed by atoms with Gasteiger partial charge in [-0.2, -0.15) is 18.2 Å². The smallest absolute Gasteiger partial charge is 0.416 e. The molecule has 0 spiro atoms. The second-order valence-corrected chi connectivity index (χ2v) is 7.41. The Hall–Kier alpha value is -2.42. The topological polar surface area (TPSA) is 60.7 Å². The third-order valence-electron chi connectivity index (χ3n) is 4.39. The lowest BCUT2D eigenvalue weighted by Crippen LogP contribution is -2.25. The van der Waals surface area contributed by atoms with Crippen LogP contribution >= 0.6 is 11.3 Å². The lowest BCUT2D eigenvalue weighted by molar-refractivity contribution is -0.144. The van der Waals surface area contributed by atoms with E-state index in [0.29, 0.717) is 4.80 Å². The Kier molecular flexibility index (Phi) is 6.02. The van der Waals surface area contributed by atoms with Crippen molar-refractivity contribution in [2.75, 3.05) is 6.61 Å². The summed E-state index contributed by atoms with van der Waals surface area (Å²) < 4.78 is 45.3. The molecule has 9 heteroatoms. The number of hydrogen-bond donors (Lipinski definition) is 0. The molecular formula is C19H19F3N2O3S. The fourth-order valence-corrected chi connectivity index (χ4v) is 4.31. The highest BCUT2D eigenvalue weighted by Gasteiger charge is 2.31. The molecule has 1 amide bonds. The summed E-state index contributed by atoms with van der Waals surface area (Å²) in [7, 11) is 0. The molecule has 3 rings (SSSR count). The van der Waals surface area contributed by atoms with E-state index in [1.54, 1.807) is 11.5 Å². The third-order valence-corrected chi connectivity index (χ3v) is 5.57. The van der Waals surface area contributed by atoms with Crippen molar-refractivity contribution in [3.8, 4) is 0 Å². The van der Waals surface area contributed by atoms with Crippen LogP contribution in [0.2, 0.25) is 0 Å². The average Bonchev–Trinajstić information content (AvgIpc) is 2.98. The highest BCUT2D eigenvalue weighted by molar-refractivity contribution is 7.09. The monoisotopic (exact) mass is 412 g/mol. The largest absolute Gasteiger partial charge is 0.465 e. The number of rotatable bonds is 4. The third kappa shape index (κ3) is 4.52.